The van der Waals surface area contributed by atoms with Crippen LogP contribution in [0.4, 0.5) is 10.5 Å². The summed E-state index contributed by atoms with van der Waals surface area (Å²) >= 11 is 0. The van der Waals surface area contributed by atoms with Crippen molar-refractivity contribution in [3.63, 3.8) is 0 Å². The summed E-state index contributed by atoms with van der Waals surface area (Å²) in [4.78, 5) is 12.0. The molecule has 26 heavy (non-hydrogen) atoms. The van der Waals surface area contributed by atoms with Crippen LogP contribution in [0.2, 0.25) is 0 Å². The molecule has 0 bridgehead atoms. The molecule has 2 aromatic carbocycles. The Morgan fingerprint density at radius 2 is 1.65 bits per heavy atom. The highest BCUT2D eigenvalue weighted by atomic mass is 16.7. The molecule has 2 heterocycles. The third kappa shape index (κ3) is 3.69. The summed E-state index contributed by atoms with van der Waals surface area (Å²) < 4.78 is 27.1. The second-order valence-electron chi connectivity index (χ2n) is 5.60. The van der Waals surface area contributed by atoms with E-state index in [0.29, 0.717) is 60.8 Å². The van der Waals surface area contributed by atoms with Gasteiger partial charge in [0.2, 0.25) is 6.79 Å². The lowest BCUT2D eigenvalue weighted by atomic mass is 10.2. The van der Waals surface area contributed by atoms with Crippen LogP contribution in [-0.2, 0) is 0 Å². The van der Waals surface area contributed by atoms with Crippen LogP contribution in [-0.4, -0.2) is 39.2 Å². The molecule has 0 fully saturated rings. The molecular formula is C18H18N2O6. The number of amides is 2. The lowest BCUT2D eigenvalue weighted by Gasteiger charge is -2.19. The smallest absolute Gasteiger partial charge is 0.319 e. The molecule has 0 saturated carbocycles. The molecule has 8 nitrogen and oxygen atoms in total. The highest BCUT2D eigenvalue weighted by Gasteiger charge is 2.14. The van der Waals surface area contributed by atoms with Crippen molar-refractivity contribution in [1.29, 1.82) is 0 Å². The number of anilines is 1. The monoisotopic (exact) mass is 358 g/mol. The van der Waals surface area contributed by atoms with E-state index in [-0.39, 0.29) is 12.8 Å². The molecule has 2 aromatic rings. The van der Waals surface area contributed by atoms with Crippen molar-refractivity contribution in [2.45, 2.75) is 0 Å². The van der Waals surface area contributed by atoms with Crippen LogP contribution in [0, 0.1) is 0 Å². The Morgan fingerprint density at radius 1 is 0.923 bits per heavy atom. The van der Waals surface area contributed by atoms with Crippen LogP contribution in [0.25, 0.3) is 0 Å². The Kier molecular flexibility index (Phi) is 4.55. The Balaban J connectivity index is 1.22. The summed E-state index contributed by atoms with van der Waals surface area (Å²) in [6.45, 7) is 1.93. The normalized spacial score (nSPS) is 13.8. The van der Waals surface area contributed by atoms with Crippen LogP contribution < -0.4 is 34.3 Å². The molecule has 0 radical (unpaired) electrons. The molecule has 2 amide bonds. The number of hydrogen-bond donors (Lipinski definition) is 2. The standard InChI is InChI=1S/C18H18N2O6/c21-18(20-12-1-3-14-16(9-12)24-8-7-23-14)19-5-6-22-13-2-4-15-17(10-13)26-11-25-15/h1-4,9-10H,5-8,11H2,(H2,19,20,21). The first-order chi connectivity index (χ1) is 12.8. The van der Waals surface area contributed by atoms with E-state index in [1.165, 1.54) is 0 Å². The predicted molar refractivity (Wildman–Crippen MR) is 92.5 cm³/mol. The molecule has 0 aliphatic carbocycles. The number of ether oxygens (including phenoxy) is 5. The van der Waals surface area contributed by atoms with Gasteiger partial charge in [-0.15, -0.1) is 0 Å². The van der Waals surface area contributed by atoms with Crippen molar-refractivity contribution in [3.05, 3.63) is 36.4 Å². The Bertz CT molecular complexity index is 810. The number of carbonyl (C=O) groups excluding carboxylic acids is 1. The van der Waals surface area contributed by atoms with E-state index >= 15 is 0 Å². The van der Waals surface area contributed by atoms with Crippen LogP contribution in [0.3, 0.4) is 0 Å². The molecule has 8 heteroatoms. The predicted octanol–water partition coefficient (Wildman–Crippen LogP) is 2.39. The summed E-state index contributed by atoms with van der Waals surface area (Å²) in [5.74, 6) is 3.32. The first-order valence-electron chi connectivity index (χ1n) is 8.25. The van der Waals surface area contributed by atoms with Crippen LogP contribution >= 0.6 is 0 Å². The zero-order chi connectivity index (χ0) is 17.8. The molecular weight excluding hydrogens is 340 g/mol. The minimum absolute atomic E-state index is 0.223. The molecule has 136 valence electrons. The molecule has 4 rings (SSSR count). The van der Waals surface area contributed by atoms with Gasteiger partial charge in [-0.3, -0.25) is 0 Å². The van der Waals surface area contributed by atoms with Gasteiger partial charge in [-0.25, -0.2) is 4.79 Å². The van der Waals surface area contributed by atoms with Crippen molar-refractivity contribution in [2.24, 2.45) is 0 Å². The quantitative estimate of drug-likeness (QED) is 0.798. The van der Waals surface area contributed by atoms with Gasteiger partial charge < -0.3 is 34.3 Å². The summed E-state index contributed by atoms with van der Waals surface area (Å²) in [5.41, 5.74) is 0.628. The Morgan fingerprint density at radius 3 is 2.58 bits per heavy atom. The third-order valence-corrected chi connectivity index (χ3v) is 3.80. The minimum Gasteiger partial charge on any atom is -0.492 e. The molecule has 2 N–H and O–H groups in total. The lowest BCUT2D eigenvalue weighted by Crippen LogP contribution is -2.32. The van der Waals surface area contributed by atoms with Crippen molar-refractivity contribution in [1.82, 2.24) is 5.32 Å². The second-order valence-corrected chi connectivity index (χ2v) is 5.60. The number of nitrogens with one attached hydrogen (secondary N) is 2. The maximum atomic E-state index is 12.0. The zero-order valence-electron chi connectivity index (χ0n) is 13.9. The fraction of sp³-hybridized carbons (Fsp3) is 0.278. The average molecular weight is 358 g/mol. The van der Waals surface area contributed by atoms with Gasteiger partial charge in [0.25, 0.3) is 0 Å². The maximum Gasteiger partial charge on any atom is 0.319 e. The van der Waals surface area contributed by atoms with Crippen LogP contribution in [0.15, 0.2) is 36.4 Å². The van der Waals surface area contributed by atoms with E-state index in [0.717, 1.165) is 0 Å². The van der Waals surface area contributed by atoms with E-state index in [4.69, 9.17) is 23.7 Å². The summed E-state index contributed by atoms with van der Waals surface area (Å²) in [6, 6.07) is 10.3. The maximum absolute atomic E-state index is 12.0. The minimum atomic E-state index is -0.323. The number of carbonyl (C=O) groups is 1. The number of benzene rings is 2. The van der Waals surface area contributed by atoms with E-state index in [1.54, 1.807) is 36.4 Å². The molecule has 0 aromatic heterocycles. The van der Waals surface area contributed by atoms with Gasteiger partial charge in [-0.05, 0) is 24.3 Å². The van der Waals surface area contributed by atoms with Gasteiger partial charge >= 0.3 is 6.03 Å². The third-order valence-electron chi connectivity index (χ3n) is 3.80. The van der Waals surface area contributed by atoms with Crippen molar-refractivity contribution in [3.8, 4) is 28.7 Å². The number of rotatable bonds is 5. The summed E-state index contributed by atoms with van der Waals surface area (Å²) in [7, 11) is 0. The van der Waals surface area contributed by atoms with Gasteiger partial charge in [-0.1, -0.05) is 0 Å². The first-order valence-corrected chi connectivity index (χ1v) is 8.25. The second kappa shape index (κ2) is 7.30. The fourth-order valence-electron chi connectivity index (χ4n) is 2.60. The van der Waals surface area contributed by atoms with Crippen LogP contribution in [0.1, 0.15) is 0 Å². The summed E-state index contributed by atoms with van der Waals surface area (Å²) in [5, 5.41) is 5.48. The van der Waals surface area contributed by atoms with E-state index < -0.39 is 0 Å². The highest BCUT2D eigenvalue weighted by Crippen LogP contribution is 2.35. The van der Waals surface area contributed by atoms with Gasteiger partial charge in [0, 0.05) is 17.8 Å². The largest absolute Gasteiger partial charge is 0.492 e. The van der Waals surface area contributed by atoms with Gasteiger partial charge in [0.05, 0.1) is 6.54 Å². The Labute approximate surface area is 149 Å². The van der Waals surface area contributed by atoms with E-state index in [2.05, 4.69) is 10.6 Å². The molecule has 0 saturated heterocycles. The fourth-order valence-corrected chi connectivity index (χ4v) is 2.60. The lowest BCUT2D eigenvalue weighted by molar-refractivity contribution is 0.171. The van der Waals surface area contributed by atoms with Crippen molar-refractivity contribution in [2.75, 3.05) is 38.5 Å². The Hall–Kier alpha value is -3.29. The molecule has 0 unspecified atom stereocenters. The topological polar surface area (TPSA) is 87.3 Å². The van der Waals surface area contributed by atoms with Crippen LogP contribution in [0.5, 0.6) is 28.7 Å². The molecule has 2 aliphatic rings. The van der Waals surface area contributed by atoms with Gasteiger partial charge in [0.1, 0.15) is 25.6 Å². The molecule has 0 atom stereocenters. The van der Waals surface area contributed by atoms with Gasteiger partial charge in [-0.2, -0.15) is 0 Å². The number of fused-ring (bicyclic) bond motifs is 2. The summed E-state index contributed by atoms with van der Waals surface area (Å²) in [6.07, 6.45) is 0. The van der Waals surface area contributed by atoms with Crippen molar-refractivity contribution < 1.29 is 28.5 Å². The highest BCUT2D eigenvalue weighted by molar-refractivity contribution is 5.89. The number of hydrogen-bond acceptors (Lipinski definition) is 6. The first kappa shape index (κ1) is 16.2. The number of urea groups is 1. The zero-order valence-corrected chi connectivity index (χ0v) is 13.9. The molecule has 2 aliphatic heterocycles. The van der Waals surface area contributed by atoms with E-state index in [1.807, 2.05) is 0 Å². The average Bonchev–Trinajstić information content (AvgIpc) is 3.13. The molecule has 0 spiro atoms. The van der Waals surface area contributed by atoms with Gasteiger partial charge in [0.15, 0.2) is 23.0 Å². The SMILES string of the molecule is O=C(NCCOc1ccc2c(c1)OCO2)Nc1ccc2c(c1)OCCO2. The van der Waals surface area contributed by atoms with E-state index in [9.17, 15) is 4.79 Å². The van der Waals surface area contributed by atoms with Crippen molar-refractivity contribution >= 4 is 11.7 Å².